The summed E-state index contributed by atoms with van der Waals surface area (Å²) in [6.45, 7) is 0. The Morgan fingerprint density at radius 3 is 3.07 bits per heavy atom. The fourth-order valence-electron chi connectivity index (χ4n) is 1.25. The van der Waals surface area contributed by atoms with Gasteiger partial charge in [0.15, 0.2) is 0 Å². The van der Waals surface area contributed by atoms with Crippen LogP contribution in [0.25, 0.3) is 21.7 Å². The SMILES string of the molecule is c1cc2nc(-c3nn[nH]n3)ccc2s1. The lowest BCUT2D eigenvalue weighted by molar-refractivity contribution is 0.881. The van der Waals surface area contributed by atoms with Gasteiger partial charge in [-0.3, -0.25) is 0 Å². The van der Waals surface area contributed by atoms with Crippen molar-refractivity contribution in [2.24, 2.45) is 0 Å². The van der Waals surface area contributed by atoms with Gasteiger partial charge in [-0.15, -0.1) is 21.5 Å². The maximum atomic E-state index is 4.40. The van der Waals surface area contributed by atoms with Gasteiger partial charge in [-0.1, -0.05) is 0 Å². The number of pyridine rings is 1. The molecule has 3 aromatic heterocycles. The third-order valence-corrected chi connectivity index (χ3v) is 2.75. The quantitative estimate of drug-likeness (QED) is 0.650. The zero-order valence-corrected chi connectivity index (χ0v) is 7.82. The predicted molar refractivity (Wildman–Crippen MR) is 52.8 cm³/mol. The van der Waals surface area contributed by atoms with Crippen LogP contribution >= 0.6 is 11.3 Å². The summed E-state index contributed by atoms with van der Waals surface area (Å²) < 4.78 is 1.16. The van der Waals surface area contributed by atoms with Crippen LogP contribution in [0.2, 0.25) is 0 Å². The Morgan fingerprint density at radius 2 is 2.21 bits per heavy atom. The predicted octanol–water partition coefficient (Wildman–Crippen LogP) is 1.48. The third-order valence-electron chi connectivity index (χ3n) is 1.88. The van der Waals surface area contributed by atoms with Gasteiger partial charge in [0.2, 0.25) is 5.82 Å². The number of H-pyrrole nitrogens is 1. The molecular weight excluding hydrogens is 198 g/mol. The van der Waals surface area contributed by atoms with Gasteiger partial charge in [-0.05, 0) is 28.8 Å². The fraction of sp³-hybridized carbons (Fsp3) is 0. The highest BCUT2D eigenvalue weighted by molar-refractivity contribution is 7.17. The van der Waals surface area contributed by atoms with Crippen molar-refractivity contribution >= 4 is 21.6 Å². The molecule has 0 unspecified atom stereocenters. The average Bonchev–Trinajstić information content (AvgIpc) is 2.88. The molecule has 3 aromatic rings. The maximum Gasteiger partial charge on any atom is 0.222 e. The van der Waals surface area contributed by atoms with Crippen LogP contribution in [0.4, 0.5) is 0 Å². The molecule has 0 saturated carbocycles. The van der Waals surface area contributed by atoms with Gasteiger partial charge in [0.1, 0.15) is 5.69 Å². The van der Waals surface area contributed by atoms with Crippen LogP contribution in [-0.2, 0) is 0 Å². The van der Waals surface area contributed by atoms with Gasteiger partial charge in [-0.25, -0.2) is 4.98 Å². The van der Waals surface area contributed by atoms with E-state index in [4.69, 9.17) is 0 Å². The minimum atomic E-state index is 0.526. The van der Waals surface area contributed by atoms with Crippen molar-refractivity contribution in [2.75, 3.05) is 0 Å². The number of nitrogens with zero attached hydrogens (tertiary/aromatic N) is 4. The Hall–Kier alpha value is -1.82. The summed E-state index contributed by atoms with van der Waals surface area (Å²) in [5.41, 5.74) is 1.71. The summed E-state index contributed by atoms with van der Waals surface area (Å²) in [4.78, 5) is 4.40. The van der Waals surface area contributed by atoms with Gasteiger partial charge >= 0.3 is 0 Å². The normalized spacial score (nSPS) is 10.9. The van der Waals surface area contributed by atoms with E-state index in [0.717, 1.165) is 15.9 Å². The average molecular weight is 203 g/mol. The van der Waals surface area contributed by atoms with E-state index in [1.807, 2.05) is 23.6 Å². The molecule has 6 heteroatoms. The third kappa shape index (κ3) is 1.08. The Balaban J connectivity index is 2.23. The molecule has 14 heavy (non-hydrogen) atoms. The van der Waals surface area contributed by atoms with Crippen molar-refractivity contribution in [3.05, 3.63) is 23.6 Å². The monoisotopic (exact) mass is 203 g/mol. The molecule has 0 aromatic carbocycles. The first-order valence-electron chi connectivity index (χ1n) is 4.01. The van der Waals surface area contributed by atoms with Gasteiger partial charge in [0.25, 0.3) is 0 Å². The second kappa shape index (κ2) is 2.85. The van der Waals surface area contributed by atoms with Gasteiger partial charge < -0.3 is 0 Å². The molecule has 3 rings (SSSR count). The number of fused-ring (bicyclic) bond motifs is 1. The van der Waals surface area contributed by atoms with E-state index in [9.17, 15) is 0 Å². The summed E-state index contributed by atoms with van der Waals surface area (Å²) in [5, 5.41) is 15.6. The number of nitrogens with one attached hydrogen (secondary N) is 1. The van der Waals surface area contributed by atoms with Crippen molar-refractivity contribution in [2.45, 2.75) is 0 Å². The highest BCUT2D eigenvalue weighted by Crippen LogP contribution is 2.21. The molecule has 0 aliphatic heterocycles. The van der Waals surface area contributed by atoms with E-state index in [2.05, 4.69) is 25.6 Å². The second-order valence-electron chi connectivity index (χ2n) is 2.74. The van der Waals surface area contributed by atoms with Gasteiger partial charge in [0, 0.05) is 0 Å². The van der Waals surface area contributed by atoms with Crippen LogP contribution in [0, 0.1) is 0 Å². The molecule has 3 heterocycles. The van der Waals surface area contributed by atoms with Gasteiger partial charge in [0.05, 0.1) is 10.2 Å². The summed E-state index contributed by atoms with van der Waals surface area (Å²) in [6, 6.07) is 5.88. The van der Waals surface area contributed by atoms with E-state index in [-0.39, 0.29) is 0 Å². The number of rotatable bonds is 1. The first kappa shape index (κ1) is 7.57. The Labute approximate surface area is 82.8 Å². The maximum absolute atomic E-state index is 4.40. The summed E-state index contributed by atoms with van der Waals surface area (Å²) in [6.07, 6.45) is 0. The molecule has 0 fully saturated rings. The van der Waals surface area contributed by atoms with Crippen LogP contribution in [0.1, 0.15) is 0 Å². The first-order chi connectivity index (χ1) is 6.93. The molecule has 0 aliphatic rings. The van der Waals surface area contributed by atoms with Crippen molar-refractivity contribution in [3.8, 4) is 11.5 Å². The number of tetrazole rings is 1. The van der Waals surface area contributed by atoms with E-state index in [1.165, 1.54) is 0 Å². The van der Waals surface area contributed by atoms with Crippen molar-refractivity contribution in [1.29, 1.82) is 0 Å². The summed E-state index contributed by atoms with van der Waals surface area (Å²) in [5.74, 6) is 0.526. The highest BCUT2D eigenvalue weighted by Gasteiger charge is 2.05. The number of aromatic nitrogens is 5. The standard InChI is InChI=1S/C8H5N5S/c1-2-7-5(3-4-14-7)9-6(1)8-10-12-13-11-8/h1-4H,(H,10,11,12,13). The molecule has 5 nitrogen and oxygen atoms in total. The number of hydrogen-bond acceptors (Lipinski definition) is 5. The highest BCUT2D eigenvalue weighted by atomic mass is 32.1. The smallest absolute Gasteiger partial charge is 0.222 e. The minimum absolute atomic E-state index is 0.526. The van der Waals surface area contributed by atoms with Crippen LogP contribution in [0.5, 0.6) is 0 Å². The number of thiophene rings is 1. The van der Waals surface area contributed by atoms with Crippen molar-refractivity contribution in [3.63, 3.8) is 0 Å². The molecule has 0 spiro atoms. The molecule has 0 aliphatic carbocycles. The lowest BCUT2D eigenvalue weighted by Crippen LogP contribution is -1.85. The number of hydrogen-bond donors (Lipinski definition) is 1. The zero-order valence-electron chi connectivity index (χ0n) is 7.01. The largest absolute Gasteiger partial charge is 0.243 e. The molecule has 0 bridgehead atoms. The zero-order chi connectivity index (χ0) is 9.38. The van der Waals surface area contributed by atoms with E-state index < -0.39 is 0 Å². The van der Waals surface area contributed by atoms with Crippen LogP contribution in [-0.4, -0.2) is 25.6 Å². The molecular formula is C8H5N5S. The Kier molecular flexibility index (Phi) is 1.54. The van der Waals surface area contributed by atoms with Crippen LogP contribution in [0.3, 0.4) is 0 Å². The number of aromatic amines is 1. The van der Waals surface area contributed by atoms with E-state index >= 15 is 0 Å². The second-order valence-corrected chi connectivity index (χ2v) is 3.68. The fourth-order valence-corrected chi connectivity index (χ4v) is 1.97. The summed E-state index contributed by atoms with van der Waals surface area (Å²) in [7, 11) is 0. The molecule has 0 radical (unpaired) electrons. The molecule has 1 N–H and O–H groups in total. The molecule has 0 saturated heterocycles. The van der Waals surface area contributed by atoms with Gasteiger partial charge in [-0.2, -0.15) is 5.21 Å². The molecule has 0 atom stereocenters. The van der Waals surface area contributed by atoms with E-state index in [0.29, 0.717) is 5.82 Å². The Bertz CT molecular complexity index is 556. The van der Waals surface area contributed by atoms with E-state index in [1.54, 1.807) is 11.3 Å². The van der Waals surface area contributed by atoms with Crippen LogP contribution in [0.15, 0.2) is 23.6 Å². The molecule has 68 valence electrons. The van der Waals surface area contributed by atoms with Crippen molar-refractivity contribution in [1.82, 2.24) is 25.6 Å². The Morgan fingerprint density at radius 1 is 1.21 bits per heavy atom. The first-order valence-corrected chi connectivity index (χ1v) is 4.89. The molecule has 0 amide bonds. The summed E-state index contributed by atoms with van der Waals surface area (Å²) >= 11 is 1.67. The lowest BCUT2D eigenvalue weighted by Gasteiger charge is -1.92. The van der Waals surface area contributed by atoms with Crippen LogP contribution < -0.4 is 0 Å². The lowest BCUT2D eigenvalue weighted by atomic mass is 10.3. The van der Waals surface area contributed by atoms with Crippen molar-refractivity contribution < 1.29 is 0 Å². The topological polar surface area (TPSA) is 67.3 Å². The minimum Gasteiger partial charge on any atom is -0.243 e.